The normalized spacial score (nSPS) is 18.5. The van der Waals surface area contributed by atoms with Crippen LogP contribution in [0.25, 0.3) is 0 Å². The molecule has 0 bridgehead atoms. The van der Waals surface area contributed by atoms with E-state index in [2.05, 4.69) is 58.9 Å². The van der Waals surface area contributed by atoms with Crippen LogP contribution in [0.1, 0.15) is 36.1 Å². The highest BCUT2D eigenvalue weighted by atomic mass is 28.5. The maximum atomic E-state index is 6.64. The molecule has 28 heavy (non-hydrogen) atoms. The van der Waals surface area contributed by atoms with Crippen molar-refractivity contribution in [3.05, 3.63) is 0 Å². The molecule has 1 aliphatic rings. The van der Waals surface area contributed by atoms with E-state index in [4.69, 9.17) is 21.8 Å². The summed E-state index contributed by atoms with van der Waals surface area (Å²) >= 11 is 0. The van der Waals surface area contributed by atoms with Crippen molar-refractivity contribution >= 4 is 33.8 Å². The smallest absolute Gasteiger partial charge is 0.315 e. The zero-order chi connectivity index (χ0) is 18.6. The van der Waals surface area contributed by atoms with Crippen LogP contribution in [0.2, 0.25) is 65.0 Å². The summed E-state index contributed by atoms with van der Waals surface area (Å²) in [5.74, 6) is 0. The van der Waals surface area contributed by atoms with Crippen LogP contribution in [0.15, 0.2) is 0 Å². The van der Waals surface area contributed by atoms with Crippen molar-refractivity contribution < 1.29 is 21.8 Å². The lowest BCUT2D eigenvalue weighted by Gasteiger charge is -2.41. The number of hydrogen-bond donors (Lipinski definition) is 0. The third-order valence-electron chi connectivity index (χ3n) is 3.16. The summed E-state index contributed by atoms with van der Waals surface area (Å²) in [5.41, 5.74) is 0. The fraction of sp³-hybridized carbons (Fsp3) is 1.00. The molecular weight excluding hydrogens is 421 g/mol. The Labute approximate surface area is 182 Å². The fourth-order valence-corrected chi connectivity index (χ4v) is 20.8. The highest BCUT2D eigenvalue weighted by Crippen LogP contribution is 2.27. The molecular formula is C19H54O5Si4. The predicted molar refractivity (Wildman–Crippen MR) is 136 cm³/mol. The second-order valence-electron chi connectivity index (χ2n) is 9.20. The molecule has 0 radical (unpaired) electrons. The van der Waals surface area contributed by atoms with Gasteiger partial charge in [-0.15, -0.1) is 0 Å². The Bertz CT molecular complexity index is 393. The first-order chi connectivity index (χ1) is 10.7. The first-order valence-electron chi connectivity index (χ1n) is 9.00. The molecule has 0 aromatic rings. The Balaban J connectivity index is -0.000000720. The van der Waals surface area contributed by atoms with Crippen LogP contribution < -0.4 is 0 Å². The molecule has 1 heterocycles. The predicted octanol–water partition coefficient (Wildman–Crippen LogP) is 6.83. The van der Waals surface area contributed by atoms with Crippen LogP contribution in [0.5, 0.6) is 0 Å². The van der Waals surface area contributed by atoms with Gasteiger partial charge in [0.05, 0.1) is 13.2 Å². The zero-order valence-corrected chi connectivity index (χ0v) is 21.2. The standard InChI is InChI=1S/C15H38O5Si4.4CH4/c1-21(2,3)18-23(7,8)20-24(9,19-22(4,5)6)12-10-11-16-13-15-14-17-15;;;;/h15H,10-14H2,1-9H3;4*1H4. The van der Waals surface area contributed by atoms with Gasteiger partial charge in [-0.25, -0.2) is 0 Å². The monoisotopic (exact) mass is 474 g/mol. The average molecular weight is 475 g/mol. The van der Waals surface area contributed by atoms with E-state index in [9.17, 15) is 0 Å². The van der Waals surface area contributed by atoms with E-state index in [0.717, 1.165) is 25.7 Å². The highest BCUT2D eigenvalue weighted by Gasteiger charge is 2.44. The molecule has 1 saturated heterocycles. The Morgan fingerprint density at radius 1 is 0.750 bits per heavy atom. The van der Waals surface area contributed by atoms with E-state index in [1.165, 1.54) is 0 Å². The zero-order valence-electron chi connectivity index (χ0n) is 17.2. The van der Waals surface area contributed by atoms with Gasteiger partial charge in [0, 0.05) is 6.61 Å². The van der Waals surface area contributed by atoms with Crippen LogP contribution >= 0.6 is 0 Å². The van der Waals surface area contributed by atoms with E-state index in [-0.39, 0.29) is 29.7 Å². The van der Waals surface area contributed by atoms with Gasteiger partial charge in [-0.05, 0) is 71.4 Å². The summed E-state index contributed by atoms with van der Waals surface area (Å²) < 4.78 is 30.4. The minimum atomic E-state index is -2.27. The molecule has 1 aliphatic heterocycles. The summed E-state index contributed by atoms with van der Waals surface area (Å²) in [6.07, 6.45) is 1.30. The molecule has 1 fully saturated rings. The van der Waals surface area contributed by atoms with Crippen LogP contribution in [-0.2, 0) is 21.8 Å². The Morgan fingerprint density at radius 2 is 1.21 bits per heavy atom. The summed E-state index contributed by atoms with van der Waals surface area (Å²) in [6, 6.07) is 0.953. The Kier molecular flexibility index (Phi) is 17.9. The van der Waals surface area contributed by atoms with Gasteiger partial charge in [0.15, 0.2) is 16.6 Å². The van der Waals surface area contributed by atoms with Crippen LogP contribution in [0.3, 0.4) is 0 Å². The average Bonchev–Trinajstić information content (AvgIpc) is 3.04. The number of epoxide rings is 1. The second kappa shape index (κ2) is 13.9. The molecule has 0 aromatic carbocycles. The van der Waals surface area contributed by atoms with Crippen molar-refractivity contribution in [1.82, 2.24) is 0 Å². The van der Waals surface area contributed by atoms with E-state index < -0.39 is 33.8 Å². The van der Waals surface area contributed by atoms with Gasteiger partial charge in [-0.3, -0.25) is 0 Å². The first-order valence-corrected chi connectivity index (χ1v) is 21.2. The summed E-state index contributed by atoms with van der Waals surface area (Å²) in [6.45, 7) is 22.2. The van der Waals surface area contributed by atoms with Gasteiger partial charge < -0.3 is 21.8 Å². The van der Waals surface area contributed by atoms with E-state index in [1.807, 2.05) is 0 Å². The molecule has 0 aromatic heterocycles. The number of rotatable bonds is 12. The lowest BCUT2D eigenvalue weighted by molar-refractivity contribution is 0.115. The molecule has 5 nitrogen and oxygen atoms in total. The summed E-state index contributed by atoms with van der Waals surface area (Å²) in [5, 5.41) is 0. The van der Waals surface area contributed by atoms with Crippen molar-refractivity contribution in [2.75, 3.05) is 19.8 Å². The lowest BCUT2D eigenvalue weighted by Crippen LogP contribution is -2.56. The maximum absolute atomic E-state index is 6.64. The van der Waals surface area contributed by atoms with Crippen LogP contribution in [0.4, 0.5) is 0 Å². The molecule has 2 atom stereocenters. The topological polar surface area (TPSA) is 49.5 Å². The number of hydrogen-bond acceptors (Lipinski definition) is 5. The molecule has 0 amide bonds. The quantitative estimate of drug-likeness (QED) is 0.176. The Morgan fingerprint density at radius 3 is 1.61 bits per heavy atom. The highest BCUT2D eigenvalue weighted by molar-refractivity contribution is 6.89. The largest absolute Gasteiger partial charge is 0.437 e. The second-order valence-corrected chi connectivity index (χ2v) is 25.7. The molecule has 9 heteroatoms. The molecule has 0 N–H and O–H groups in total. The molecule has 0 spiro atoms. The van der Waals surface area contributed by atoms with E-state index >= 15 is 0 Å². The molecule has 176 valence electrons. The minimum absolute atomic E-state index is 0. The van der Waals surface area contributed by atoms with Gasteiger partial charge in [0.2, 0.25) is 0 Å². The van der Waals surface area contributed by atoms with Gasteiger partial charge in [-0.2, -0.15) is 0 Å². The molecule has 2 unspecified atom stereocenters. The SMILES string of the molecule is C.C.C.C.C[Si](C)(C)O[Si](C)(C)O[Si](C)(CCCOCC1CO1)O[Si](C)(C)C. The van der Waals surface area contributed by atoms with Crippen LogP contribution in [0, 0.1) is 0 Å². The van der Waals surface area contributed by atoms with E-state index in [1.54, 1.807) is 0 Å². The van der Waals surface area contributed by atoms with Crippen molar-refractivity contribution in [2.24, 2.45) is 0 Å². The van der Waals surface area contributed by atoms with Crippen molar-refractivity contribution in [3.8, 4) is 0 Å². The van der Waals surface area contributed by atoms with Gasteiger partial charge in [-0.1, -0.05) is 29.7 Å². The Hall–Kier alpha value is 0.668. The summed E-state index contributed by atoms with van der Waals surface area (Å²) in [7, 11) is -7.76. The van der Waals surface area contributed by atoms with E-state index in [0.29, 0.717) is 12.7 Å². The van der Waals surface area contributed by atoms with Gasteiger partial charge in [0.25, 0.3) is 0 Å². The first kappa shape index (κ1) is 36.1. The number of ether oxygens (including phenoxy) is 2. The van der Waals surface area contributed by atoms with Crippen molar-refractivity contribution in [1.29, 1.82) is 0 Å². The van der Waals surface area contributed by atoms with Crippen molar-refractivity contribution in [3.63, 3.8) is 0 Å². The fourth-order valence-electron chi connectivity index (χ4n) is 2.92. The van der Waals surface area contributed by atoms with Crippen molar-refractivity contribution in [2.45, 2.75) is 107 Å². The third-order valence-corrected chi connectivity index (χ3v) is 16.7. The molecule has 1 rings (SSSR count). The third kappa shape index (κ3) is 18.7. The molecule has 0 aliphatic carbocycles. The van der Waals surface area contributed by atoms with Crippen LogP contribution in [-0.4, -0.2) is 59.7 Å². The lowest BCUT2D eigenvalue weighted by atomic mass is 10.5. The maximum Gasteiger partial charge on any atom is 0.315 e. The minimum Gasteiger partial charge on any atom is -0.437 e. The van der Waals surface area contributed by atoms with Gasteiger partial charge >= 0.3 is 17.1 Å². The van der Waals surface area contributed by atoms with Gasteiger partial charge in [0.1, 0.15) is 6.10 Å². The summed E-state index contributed by atoms with van der Waals surface area (Å²) in [4.78, 5) is 0. The molecule has 0 saturated carbocycles.